The highest BCUT2D eigenvalue weighted by molar-refractivity contribution is 9.10. The van der Waals surface area contributed by atoms with Gasteiger partial charge in [0.25, 0.3) is 0 Å². The van der Waals surface area contributed by atoms with Gasteiger partial charge < -0.3 is 5.11 Å². The van der Waals surface area contributed by atoms with Crippen LogP contribution in [-0.4, -0.2) is 25.1 Å². The van der Waals surface area contributed by atoms with Crippen LogP contribution >= 0.6 is 15.9 Å². The number of aromatic hydroxyl groups is 1. The Hall–Kier alpha value is -2.12. The quantitative estimate of drug-likeness (QED) is 0.561. The highest BCUT2D eigenvalue weighted by Crippen LogP contribution is 2.24. The van der Waals surface area contributed by atoms with Gasteiger partial charge in [0.2, 0.25) is 10.0 Å². The van der Waals surface area contributed by atoms with E-state index in [-0.39, 0.29) is 17.3 Å². The third kappa shape index (κ3) is 4.94. The topological polar surface area (TPSA) is 83.5 Å². The molecule has 0 saturated heterocycles. The largest absolute Gasteiger partial charge is 0.507 e. The van der Waals surface area contributed by atoms with Gasteiger partial charge in [0.05, 0.1) is 10.2 Å². The molecule has 0 aromatic heterocycles. The number of halogens is 1. The molecule has 0 aliphatic heterocycles. The molecule has 0 fully saturated rings. The minimum Gasteiger partial charge on any atom is -0.507 e. The lowest BCUT2D eigenvalue weighted by Crippen LogP contribution is -2.14. The molecule has 7 heteroatoms. The Balaban J connectivity index is 2.09. The summed E-state index contributed by atoms with van der Waals surface area (Å²) in [6.45, 7) is 1.55. The Kier molecular flexibility index (Phi) is 5.80. The average molecular weight is 410 g/mol. The first-order chi connectivity index (χ1) is 11.3. The molecule has 0 bridgehead atoms. The Bertz CT molecular complexity index is 874. The fourth-order valence-electron chi connectivity index (χ4n) is 1.85. The number of hydrogen-bond acceptors (Lipinski definition) is 4. The number of allylic oxidation sites excluding steroid dienone is 1. The molecular weight excluding hydrogens is 394 g/mol. The van der Waals surface area contributed by atoms with Gasteiger partial charge in [0.15, 0.2) is 5.78 Å². The van der Waals surface area contributed by atoms with Gasteiger partial charge in [-0.3, -0.25) is 9.52 Å². The number of phenolic OH excluding ortho intramolecular Hbond substituents is 1. The van der Waals surface area contributed by atoms with Gasteiger partial charge in [-0.2, -0.15) is 0 Å². The van der Waals surface area contributed by atoms with E-state index < -0.39 is 10.0 Å². The molecule has 126 valence electrons. The molecule has 24 heavy (non-hydrogen) atoms. The van der Waals surface area contributed by atoms with Crippen LogP contribution in [0.1, 0.15) is 22.8 Å². The van der Waals surface area contributed by atoms with Gasteiger partial charge in [0, 0.05) is 11.3 Å². The van der Waals surface area contributed by atoms with E-state index in [2.05, 4.69) is 20.7 Å². The van der Waals surface area contributed by atoms with Crippen LogP contribution in [0.15, 0.2) is 53.0 Å². The predicted octanol–water partition coefficient (Wildman–Crippen LogP) is 3.81. The van der Waals surface area contributed by atoms with Crippen LogP contribution in [0.3, 0.4) is 0 Å². The third-order valence-corrected chi connectivity index (χ3v) is 5.16. The standard InChI is InChI=1S/C17H16BrNO4S/c1-2-24(22,23)19-14-7-5-13(6-8-14)16(20)9-3-12-4-10-17(21)15(18)11-12/h3-11,19,21H,2H2,1H3. The van der Waals surface area contributed by atoms with Crippen molar-refractivity contribution in [3.05, 3.63) is 64.1 Å². The van der Waals surface area contributed by atoms with E-state index in [9.17, 15) is 18.3 Å². The number of anilines is 1. The number of benzene rings is 2. The van der Waals surface area contributed by atoms with E-state index in [1.807, 2.05) is 0 Å². The summed E-state index contributed by atoms with van der Waals surface area (Å²) in [4.78, 5) is 12.1. The summed E-state index contributed by atoms with van der Waals surface area (Å²) >= 11 is 3.21. The number of ketones is 1. The fraction of sp³-hybridized carbons (Fsp3) is 0.118. The summed E-state index contributed by atoms with van der Waals surface area (Å²) in [6, 6.07) is 11.1. The zero-order chi connectivity index (χ0) is 17.7. The molecule has 0 amide bonds. The SMILES string of the molecule is CCS(=O)(=O)Nc1ccc(C(=O)C=Cc2ccc(O)c(Br)c2)cc1. The monoisotopic (exact) mass is 409 g/mol. The molecule has 2 rings (SSSR count). The molecule has 0 saturated carbocycles. The van der Waals surface area contributed by atoms with Gasteiger partial charge >= 0.3 is 0 Å². The molecule has 0 unspecified atom stereocenters. The van der Waals surface area contributed by atoms with Crippen molar-refractivity contribution < 1.29 is 18.3 Å². The van der Waals surface area contributed by atoms with Crippen LogP contribution in [0.5, 0.6) is 5.75 Å². The van der Waals surface area contributed by atoms with Crippen molar-refractivity contribution in [2.45, 2.75) is 6.92 Å². The average Bonchev–Trinajstić information content (AvgIpc) is 2.56. The van der Waals surface area contributed by atoms with Gasteiger partial charge in [-0.1, -0.05) is 12.1 Å². The minimum absolute atomic E-state index is 0.0153. The summed E-state index contributed by atoms with van der Waals surface area (Å²) < 4.78 is 25.9. The Labute approximate surface area is 149 Å². The number of hydrogen-bond donors (Lipinski definition) is 2. The van der Waals surface area contributed by atoms with Crippen molar-refractivity contribution in [3.8, 4) is 5.75 Å². The molecule has 2 N–H and O–H groups in total. The van der Waals surface area contributed by atoms with Crippen molar-refractivity contribution in [1.82, 2.24) is 0 Å². The molecular formula is C17H16BrNO4S. The Morgan fingerprint density at radius 3 is 2.46 bits per heavy atom. The maximum absolute atomic E-state index is 12.1. The van der Waals surface area contributed by atoms with E-state index in [4.69, 9.17) is 0 Å². The predicted molar refractivity (Wildman–Crippen MR) is 98.7 cm³/mol. The Morgan fingerprint density at radius 2 is 1.88 bits per heavy atom. The molecule has 2 aromatic rings. The van der Waals surface area contributed by atoms with Crippen molar-refractivity contribution in [2.75, 3.05) is 10.5 Å². The van der Waals surface area contributed by atoms with Gasteiger partial charge in [-0.25, -0.2) is 8.42 Å². The molecule has 0 aliphatic rings. The zero-order valence-electron chi connectivity index (χ0n) is 12.9. The van der Waals surface area contributed by atoms with E-state index in [0.717, 1.165) is 5.56 Å². The van der Waals surface area contributed by atoms with Crippen molar-refractivity contribution in [3.63, 3.8) is 0 Å². The first-order valence-electron chi connectivity index (χ1n) is 7.12. The lowest BCUT2D eigenvalue weighted by Gasteiger charge is -2.06. The van der Waals surface area contributed by atoms with Crippen molar-refractivity contribution in [1.29, 1.82) is 0 Å². The second kappa shape index (κ2) is 7.63. The third-order valence-electron chi connectivity index (χ3n) is 3.22. The zero-order valence-corrected chi connectivity index (χ0v) is 15.3. The fourth-order valence-corrected chi connectivity index (χ4v) is 2.89. The second-order valence-corrected chi connectivity index (χ2v) is 7.86. The molecule has 0 aliphatic carbocycles. The van der Waals surface area contributed by atoms with Crippen molar-refractivity contribution in [2.24, 2.45) is 0 Å². The smallest absolute Gasteiger partial charge is 0.232 e. The van der Waals surface area contributed by atoms with Crippen molar-refractivity contribution >= 4 is 43.5 Å². The first kappa shape index (κ1) is 18.2. The van der Waals surface area contributed by atoms with Crippen LogP contribution in [0.25, 0.3) is 6.08 Å². The molecule has 5 nitrogen and oxygen atoms in total. The lowest BCUT2D eigenvalue weighted by molar-refractivity contribution is 0.104. The summed E-state index contributed by atoms with van der Waals surface area (Å²) in [7, 11) is -3.33. The maximum Gasteiger partial charge on any atom is 0.232 e. The summed E-state index contributed by atoms with van der Waals surface area (Å²) in [5, 5.41) is 9.44. The van der Waals surface area contributed by atoms with Crippen LogP contribution in [0.4, 0.5) is 5.69 Å². The first-order valence-corrected chi connectivity index (χ1v) is 9.57. The Morgan fingerprint density at radius 1 is 1.21 bits per heavy atom. The number of carbonyl (C=O) groups is 1. The second-order valence-electron chi connectivity index (χ2n) is 4.99. The summed E-state index contributed by atoms with van der Waals surface area (Å²) in [5.74, 6) is -0.0915. The van der Waals surface area contributed by atoms with Crippen LogP contribution in [0, 0.1) is 0 Å². The molecule has 0 spiro atoms. The number of carbonyl (C=O) groups excluding carboxylic acids is 1. The summed E-state index contributed by atoms with van der Waals surface area (Å²) in [6.07, 6.45) is 3.06. The normalized spacial score (nSPS) is 11.6. The lowest BCUT2D eigenvalue weighted by atomic mass is 10.1. The van der Waals surface area contributed by atoms with E-state index in [1.54, 1.807) is 49.4 Å². The number of sulfonamides is 1. The molecule has 2 aromatic carbocycles. The number of nitrogens with one attached hydrogen (secondary N) is 1. The van der Waals surface area contributed by atoms with Crippen LogP contribution < -0.4 is 4.72 Å². The maximum atomic E-state index is 12.1. The van der Waals surface area contributed by atoms with E-state index in [1.165, 1.54) is 12.1 Å². The molecule has 0 radical (unpaired) electrons. The van der Waals surface area contributed by atoms with Gasteiger partial charge in [-0.15, -0.1) is 0 Å². The van der Waals surface area contributed by atoms with Gasteiger partial charge in [0.1, 0.15) is 5.75 Å². The molecule has 0 atom stereocenters. The molecule has 0 heterocycles. The number of phenols is 1. The highest BCUT2D eigenvalue weighted by Gasteiger charge is 2.07. The highest BCUT2D eigenvalue weighted by atomic mass is 79.9. The number of rotatable bonds is 6. The van der Waals surface area contributed by atoms with E-state index in [0.29, 0.717) is 15.7 Å². The van der Waals surface area contributed by atoms with Gasteiger partial charge in [-0.05, 0) is 70.9 Å². The van der Waals surface area contributed by atoms with E-state index >= 15 is 0 Å². The van der Waals surface area contributed by atoms with Crippen LogP contribution in [0.2, 0.25) is 0 Å². The van der Waals surface area contributed by atoms with Crippen LogP contribution in [-0.2, 0) is 10.0 Å². The minimum atomic E-state index is -3.33. The summed E-state index contributed by atoms with van der Waals surface area (Å²) in [5.41, 5.74) is 1.63.